The lowest BCUT2D eigenvalue weighted by atomic mass is 9.90. The van der Waals surface area contributed by atoms with Crippen molar-refractivity contribution in [3.05, 3.63) is 30.2 Å². The Labute approximate surface area is 184 Å². The molecule has 4 rings (SSSR count). The summed E-state index contributed by atoms with van der Waals surface area (Å²) in [6, 6.07) is 4.42. The maximum absolute atomic E-state index is 12.5. The van der Waals surface area contributed by atoms with Crippen LogP contribution in [0, 0.1) is 5.41 Å². The number of fused-ring (bicyclic) bond motifs is 1. The normalized spacial score (nSPS) is 22.2. The van der Waals surface area contributed by atoms with Crippen LogP contribution < -0.4 is 16.0 Å². The second kappa shape index (κ2) is 9.36. The third-order valence-corrected chi connectivity index (χ3v) is 6.29. The Morgan fingerprint density at radius 1 is 1.26 bits per heavy atom. The number of nitrogens with one attached hydrogen (secondary N) is 3. The van der Waals surface area contributed by atoms with E-state index in [-0.39, 0.29) is 17.5 Å². The minimum Gasteiger partial charge on any atom is -0.383 e. The van der Waals surface area contributed by atoms with Crippen LogP contribution >= 0.6 is 0 Å². The molecule has 3 N–H and O–H groups in total. The third-order valence-electron chi connectivity index (χ3n) is 6.29. The number of amides is 2. The van der Waals surface area contributed by atoms with Crippen LogP contribution in [0.4, 0.5) is 10.6 Å². The second-order valence-corrected chi connectivity index (χ2v) is 9.53. The van der Waals surface area contributed by atoms with Crippen molar-refractivity contribution < 1.29 is 9.53 Å². The molecule has 0 bridgehead atoms. The van der Waals surface area contributed by atoms with E-state index in [1.165, 1.54) is 5.69 Å². The number of aromatic nitrogens is 3. The highest BCUT2D eigenvalue weighted by Crippen LogP contribution is 2.37. The van der Waals surface area contributed by atoms with E-state index in [4.69, 9.17) is 4.74 Å². The van der Waals surface area contributed by atoms with Crippen LogP contribution in [0.2, 0.25) is 0 Å². The molecule has 8 heteroatoms. The fourth-order valence-corrected chi connectivity index (χ4v) is 4.70. The van der Waals surface area contributed by atoms with Crippen molar-refractivity contribution in [2.24, 2.45) is 5.41 Å². The van der Waals surface area contributed by atoms with E-state index in [0.717, 1.165) is 62.9 Å². The molecule has 0 unspecified atom stereocenters. The topological polar surface area (TPSA) is 93.1 Å². The van der Waals surface area contributed by atoms with Gasteiger partial charge in [-0.2, -0.15) is 5.10 Å². The number of pyridine rings is 1. The van der Waals surface area contributed by atoms with Crippen LogP contribution in [-0.4, -0.2) is 53.1 Å². The van der Waals surface area contributed by atoms with Gasteiger partial charge in [-0.25, -0.2) is 9.78 Å². The van der Waals surface area contributed by atoms with E-state index in [1.807, 2.05) is 18.3 Å². The number of carbonyl (C=O) groups excluding carboxylic acids is 1. The molecule has 0 aromatic carbocycles. The minimum absolute atomic E-state index is 0.193. The van der Waals surface area contributed by atoms with Gasteiger partial charge < -0.3 is 15.4 Å². The van der Waals surface area contributed by atoms with Gasteiger partial charge in [-0.05, 0) is 55.2 Å². The van der Waals surface area contributed by atoms with Crippen molar-refractivity contribution in [3.63, 3.8) is 0 Å². The molecular weight excluding hydrogens is 392 g/mol. The average molecular weight is 427 g/mol. The van der Waals surface area contributed by atoms with Gasteiger partial charge in [0.15, 0.2) is 0 Å². The summed E-state index contributed by atoms with van der Waals surface area (Å²) in [5, 5.41) is 14.1. The summed E-state index contributed by atoms with van der Waals surface area (Å²) >= 11 is 0. The minimum atomic E-state index is -0.193. The zero-order chi connectivity index (χ0) is 21.8. The van der Waals surface area contributed by atoms with E-state index < -0.39 is 0 Å². The zero-order valence-electron chi connectivity index (χ0n) is 18.8. The summed E-state index contributed by atoms with van der Waals surface area (Å²) in [5.74, 6) is 0.558. The Morgan fingerprint density at radius 3 is 2.81 bits per heavy atom. The lowest BCUT2D eigenvalue weighted by Gasteiger charge is -2.29. The zero-order valence-corrected chi connectivity index (χ0v) is 18.8. The van der Waals surface area contributed by atoms with Gasteiger partial charge in [0, 0.05) is 49.7 Å². The largest absolute Gasteiger partial charge is 0.383 e. The maximum atomic E-state index is 12.5. The highest BCUT2D eigenvalue weighted by atomic mass is 16.5. The molecule has 8 nitrogen and oxygen atoms in total. The maximum Gasteiger partial charge on any atom is 0.320 e. The summed E-state index contributed by atoms with van der Waals surface area (Å²) in [6.45, 7) is 7.06. The number of urea groups is 1. The Hall–Kier alpha value is -2.45. The first-order chi connectivity index (χ1) is 14.9. The molecule has 0 spiro atoms. The standard InChI is InChI=1S/C23H34N6O2/c1-23(2)13-20-19(14-26-29(20)15-23)16-8-9-25-21(12-16)28-22(30)27-18-6-4-17(5-7-18)24-10-11-31-3/h8-9,12,14,17-18,24H,4-7,10-11,13,15H2,1-3H3,(H2,25,27,28,30). The SMILES string of the molecule is COCCNC1CCC(NC(=O)Nc2cc(-c3cnn4c3CC(C)(C)C4)ccn2)CC1. The van der Waals surface area contributed by atoms with Gasteiger partial charge >= 0.3 is 6.03 Å². The van der Waals surface area contributed by atoms with E-state index in [9.17, 15) is 4.79 Å². The Kier molecular flexibility index (Phi) is 6.57. The van der Waals surface area contributed by atoms with Crippen molar-refractivity contribution in [3.8, 4) is 11.1 Å². The Bertz CT molecular complexity index is 901. The number of nitrogens with zero attached hydrogens (tertiary/aromatic N) is 3. The average Bonchev–Trinajstić information content (AvgIpc) is 3.24. The van der Waals surface area contributed by atoms with Crippen LogP contribution in [0.5, 0.6) is 0 Å². The first kappa shape index (κ1) is 21.8. The smallest absolute Gasteiger partial charge is 0.320 e. The van der Waals surface area contributed by atoms with Crippen LogP contribution in [0.15, 0.2) is 24.5 Å². The fraction of sp³-hybridized carbons (Fsp3) is 0.609. The molecule has 0 radical (unpaired) electrons. The molecular formula is C23H34N6O2. The molecule has 1 aliphatic heterocycles. The quantitative estimate of drug-likeness (QED) is 0.591. The number of methoxy groups -OCH3 is 1. The number of hydrogen-bond donors (Lipinski definition) is 3. The third kappa shape index (κ3) is 5.43. The molecule has 2 aromatic heterocycles. The first-order valence-corrected chi connectivity index (χ1v) is 11.2. The molecule has 1 saturated carbocycles. The van der Waals surface area contributed by atoms with E-state index in [2.05, 4.69) is 44.6 Å². The Balaban J connectivity index is 1.31. The lowest BCUT2D eigenvalue weighted by Crippen LogP contribution is -2.44. The van der Waals surface area contributed by atoms with Gasteiger partial charge in [-0.15, -0.1) is 0 Å². The van der Waals surface area contributed by atoms with E-state index in [0.29, 0.717) is 11.9 Å². The van der Waals surface area contributed by atoms with Crippen molar-refractivity contribution in [2.75, 3.05) is 25.6 Å². The van der Waals surface area contributed by atoms with Gasteiger partial charge in [-0.3, -0.25) is 10.00 Å². The van der Waals surface area contributed by atoms with Gasteiger partial charge in [0.1, 0.15) is 5.82 Å². The van der Waals surface area contributed by atoms with Crippen molar-refractivity contribution in [1.82, 2.24) is 25.4 Å². The number of hydrogen-bond acceptors (Lipinski definition) is 5. The van der Waals surface area contributed by atoms with Gasteiger partial charge in [-0.1, -0.05) is 13.8 Å². The molecule has 3 heterocycles. The predicted molar refractivity (Wildman–Crippen MR) is 121 cm³/mol. The van der Waals surface area contributed by atoms with Crippen LogP contribution in [-0.2, 0) is 17.7 Å². The second-order valence-electron chi connectivity index (χ2n) is 9.53. The van der Waals surface area contributed by atoms with Gasteiger partial charge in [0.2, 0.25) is 0 Å². The summed E-state index contributed by atoms with van der Waals surface area (Å²) in [4.78, 5) is 16.9. The molecule has 0 saturated heterocycles. The number of carbonyl (C=O) groups is 1. The van der Waals surface area contributed by atoms with Crippen LogP contribution in [0.1, 0.15) is 45.2 Å². The molecule has 2 aliphatic rings. The van der Waals surface area contributed by atoms with Gasteiger partial charge in [0.05, 0.1) is 12.8 Å². The molecule has 2 aromatic rings. The predicted octanol–water partition coefficient (Wildman–Crippen LogP) is 3.20. The van der Waals surface area contributed by atoms with Crippen molar-refractivity contribution in [1.29, 1.82) is 0 Å². The highest BCUT2D eigenvalue weighted by Gasteiger charge is 2.31. The number of rotatable bonds is 7. The molecule has 0 atom stereocenters. The van der Waals surface area contributed by atoms with E-state index in [1.54, 1.807) is 13.3 Å². The van der Waals surface area contributed by atoms with Crippen LogP contribution in [0.3, 0.4) is 0 Å². The van der Waals surface area contributed by atoms with Crippen molar-refractivity contribution >= 4 is 11.8 Å². The summed E-state index contributed by atoms with van der Waals surface area (Å²) < 4.78 is 7.18. The molecule has 31 heavy (non-hydrogen) atoms. The van der Waals surface area contributed by atoms with Gasteiger partial charge in [0.25, 0.3) is 0 Å². The summed E-state index contributed by atoms with van der Waals surface area (Å²) in [5.41, 5.74) is 3.63. The Morgan fingerprint density at radius 2 is 2.03 bits per heavy atom. The number of ether oxygens (including phenoxy) is 1. The first-order valence-electron chi connectivity index (χ1n) is 11.2. The highest BCUT2D eigenvalue weighted by molar-refractivity contribution is 5.89. The monoisotopic (exact) mass is 426 g/mol. The van der Waals surface area contributed by atoms with Crippen molar-refractivity contribution in [2.45, 2.75) is 64.6 Å². The summed E-state index contributed by atoms with van der Waals surface area (Å²) in [7, 11) is 1.72. The van der Waals surface area contributed by atoms with E-state index >= 15 is 0 Å². The molecule has 1 aliphatic carbocycles. The molecule has 168 valence electrons. The fourth-order valence-electron chi connectivity index (χ4n) is 4.70. The van der Waals surface area contributed by atoms with Crippen LogP contribution in [0.25, 0.3) is 11.1 Å². The molecule has 2 amide bonds. The lowest BCUT2D eigenvalue weighted by molar-refractivity contribution is 0.190. The molecule has 1 fully saturated rings. The number of anilines is 1. The summed E-state index contributed by atoms with van der Waals surface area (Å²) in [6.07, 6.45) is 8.73.